The smallest absolute Gasteiger partial charge is 0.408 e. The molecule has 0 radical (unpaired) electrons. The highest BCUT2D eigenvalue weighted by molar-refractivity contribution is 5.86. The molecule has 1 aliphatic rings. The second-order valence-electron chi connectivity index (χ2n) is 9.16. The first-order valence-corrected chi connectivity index (χ1v) is 11.0. The number of amides is 2. The maximum Gasteiger partial charge on any atom is 0.408 e. The number of phenols is 1. The van der Waals surface area contributed by atoms with E-state index in [2.05, 4.69) is 22.3 Å². The van der Waals surface area contributed by atoms with Crippen LogP contribution in [-0.4, -0.2) is 64.7 Å². The van der Waals surface area contributed by atoms with Crippen LogP contribution in [-0.2, 0) is 22.5 Å². The van der Waals surface area contributed by atoms with Crippen LogP contribution in [0.25, 0.3) is 0 Å². The number of aromatic hydroxyl groups is 1. The monoisotopic (exact) mass is 439 g/mol. The molecular formula is C25H33N3O4. The van der Waals surface area contributed by atoms with Crippen molar-refractivity contribution in [1.82, 2.24) is 15.1 Å². The van der Waals surface area contributed by atoms with Gasteiger partial charge in [-0.2, -0.15) is 0 Å². The number of ether oxygens (including phenoxy) is 1. The molecule has 1 aliphatic heterocycles. The van der Waals surface area contributed by atoms with Gasteiger partial charge in [-0.3, -0.25) is 9.69 Å². The molecule has 1 saturated heterocycles. The van der Waals surface area contributed by atoms with Crippen molar-refractivity contribution in [3.05, 3.63) is 65.7 Å². The molecule has 1 fully saturated rings. The van der Waals surface area contributed by atoms with Crippen LogP contribution in [0, 0.1) is 0 Å². The number of hydrogen-bond donors (Lipinski definition) is 2. The van der Waals surface area contributed by atoms with Gasteiger partial charge in [-0.25, -0.2) is 4.79 Å². The summed E-state index contributed by atoms with van der Waals surface area (Å²) in [7, 11) is 0. The first-order valence-electron chi connectivity index (χ1n) is 11.0. The summed E-state index contributed by atoms with van der Waals surface area (Å²) in [5, 5.41) is 12.3. The Bertz CT molecular complexity index is 886. The Morgan fingerprint density at radius 2 is 1.59 bits per heavy atom. The van der Waals surface area contributed by atoms with Crippen molar-refractivity contribution < 1.29 is 19.4 Å². The van der Waals surface area contributed by atoms with Gasteiger partial charge < -0.3 is 20.1 Å². The number of nitrogens with zero attached hydrogens (tertiary/aromatic N) is 2. The van der Waals surface area contributed by atoms with Gasteiger partial charge in [-0.1, -0.05) is 42.5 Å². The molecule has 0 bridgehead atoms. The van der Waals surface area contributed by atoms with Crippen molar-refractivity contribution in [3.8, 4) is 5.75 Å². The van der Waals surface area contributed by atoms with E-state index in [0.717, 1.165) is 25.2 Å². The zero-order valence-corrected chi connectivity index (χ0v) is 19.1. The lowest BCUT2D eigenvalue weighted by atomic mass is 10.0. The third kappa shape index (κ3) is 7.27. The molecule has 2 aromatic rings. The van der Waals surface area contributed by atoms with Crippen molar-refractivity contribution in [1.29, 1.82) is 0 Å². The van der Waals surface area contributed by atoms with Crippen LogP contribution in [0.4, 0.5) is 4.79 Å². The quantitative estimate of drug-likeness (QED) is 0.723. The lowest BCUT2D eigenvalue weighted by Crippen LogP contribution is -2.55. The summed E-state index contributed by atoms with van der Waals surface area (Å²) in [6.07, 6.45) is -0.292. The van der Waals surface area contributed by atoms with Crippen molar-refractivity contribution >= 4 is 12.0 Å². The molecule has 3 rings (SSSR count). The molecule has 32 heavy (non-hydrogen) atoms. The number of nitrogens with one attached hydrogen (secondary N) is 1. The molecule has 0 saturated carbocycles. The van der Waals surface area contributed by atoms with E-state index in [0.29, 0.717) is 19.5 Å². The maximum atomic E-state index is 13.3. The van der Waals surface area contributed by atoms with Crippen LogP contribution in [0.2, 0.25) is 0 Å². The predicted molar refractivity (Wildman–Crippen MR) is 123 cm³/mol. The first-order chi connectivity index (χ1) is 15.2. The summed E-state index contributed by atoms with van der Waals surface area (Å²) < 4.78 is 5.38. The standard InChI is InChI=1S/C25H33N3O4/c1-25(2,3)32-24(31)26-22(17-19-9-11-21(29)12-10-19)23(30)28-15-13-27(14-16-28)18-20-7-5-4-6-8-20/h4-12,22,29H,13-18H2,1-3H3,(H,26,31)/t22-/m0/s1. The van der Waals surface area contributed by atoms with Gasteiger partial charge in [0.1, 0.15) is 17.4 Å². The second-order valence-corrected chi connectivity index (χ2v) is 9.16. The van der Waals surface area contributed by atoms with E-state index in [-0.39, 0.29) is 11.7 Å². The summed E-state index contributed by atoms with van der Waals surface area (Å²) in [6.45, 7) is 8.98. The predicted octanol–water partition coefficient (Wildman–Crippen LogP) is 3.17. The molecule has 2 amide bonds. The summed E-state index contributed by atoms with van der Waals surface area (Å²) in [4.78, 5) is 29.9. The van der Waals surface area contributed by atoms with Crippen molar-refractivity contribution in [2.75, 3.05) is 26.2 Å². The molecule has 7 nitrogen and oxygen atoms in total. The van der Waals surface area contributed by atoms with Gasteiger partial charge in [-0.05, 0) is 44.0 Å². The number of carbonyl (C=O) groups is 2. The Balaban J connectivity index is 1.63. The van der Waals surface area contributed by atoms with E-state index in [9.17, 15) is 14.7 Å². The zero-order chi connectivity index (χ0) is 23.1. The first kappa shape index (κ1) is 23.6. The second kappa shape index (κ2) is 10.5. The Morgan fingerprint density at radius 1 is 0.969 bits per heavy atom. The van der Waals surface area contributed by atoms with Gasteiger partial charge >= 0.3 is 6.09 Å². The largest absolute Gasteiger partial charge is 0.508 e. The Hall–Kier alpha value is -3.06. The maximum absolute atomic E-state index is 13.3. The van der Waals surface area contributed by atoms with Gasteiger partial charge in [0.2, 0.25) is 5.91 Å². The fraction of sp³-hybridized carbons (Fsp3) is 0.440. The summed E-state index contributed by atoms with van der Waals surface area (Å²) in [6, 6.07) is 16.2. The Morgan fingerprint density at radius 3 is 2.19 bits per heavy atom. The normalized spacial score (nSPS) is 15.8. The minimum Gasteiger partial charge on any atom is -0.508 e. The van der Waals surface area contributed by atoms with Crippen LogP contribution in [0.15, 0.2) is 54.6 Å². The van der Waals surface area contributed by atoms with Crippen LogP contribution in [0.5, 0.6) is 5.75 Å². The highest BCUT2D eigenvalue weighted by atomic mass is 16.6. The molecule has 1 heterocycles. The lowest BCUT2D eigenvalue weighted by Gasteiger charge is -2.36. The summed E-state index contributed by atoms with van der Waals surface area (Å²) >= 11 is 0. The average molecular weight is 440 g/mol. The molecule has 7 heteroatoms. The Kier molecular flexibility index (Phi) is 7.75. The van der Waals surface area contributed by atoms with Crippen LogP contribution in [0.3, 0.4) is 0 Å². The molecule has 2 aromatic carbocycles. The number of piperazine rings is 1. The fourth-order valence-corrected chi connectivity index (χ4v) is 3.71. The number of carbonyl (C=O) groups excluding carboxylic acids is 2. The van der Waals surface area contributed by atoms with E-state index < -0.39 is 17.7 Å². The van der Waals surface area contributed by atoms with E-state index in [1.54, 1.807) is 45.0 Å². The van der Waals surface area contributed by atoms with E-state index in [1.165, 1.54) is 5.56 Å². The molecular weight excluding hydrogens is 406 g/mol. The number of alkyl carbamates (subject to hydrolysis) is 1. The number of benzene rings is 2. The van der Waals surface area contributed by atoms with Gasteiger partial charge in [-0.15, -0.1) is 0 Å². The fourth-order valence-electron chi connectivity index (χ4n) is 3.71. The molecule has 1 atom stereocenters. The van der Waals surface area contributed by atoms with Gasteiger partial charge in [0.25, 0.3) is 0 Å². The summed E-state index contributed by atoms with van der Waals surface area (Å²) in [5.74, 6) is 0.0366. The van der Waals surface area contributed by atoms with Crippen LogP contribution >= 0.6 is 0 Å². The van der Waals surface area contributed by atoms with Gasteiger partial charge in [0, 0.05) is 39.1 Å². The highest BCUT2D eigenvalue weighted by Crippen LogP contribution is 2.15. The number of phenolic OH excluding ortho intramolecular Hbond substituents is 1. The average Bonchev–Trinajstić information content (AvgIpc) is 2.74. The molecule has 0 spiro atoms. The third-order valence-electron chi connectivity index (χ3n) is 5.30. The van der Waals surface area contributed by atoms with E-state index >= 15 is 0 Å². The molecule has 2 N–H and O–H groups in total. The molecule has 0 unspecified atom stereocenters. The van der Waals surface area contributed by atoms with Gasteiger partial charge in [0.15, 0.2) is 0 Å². The van der Waals surface area contributed by atoms with E-state index in [4.69, 9.17) is 4.74 Å². The highest BCUT2D eigenvalue weighted by Gasteiger charge is 2.30. The number of hydrogen-bond acceptors (Lipinski definition) is 5. The van der Waals surface area contributed by atoms with Crippen molar-refractivity contribution in [3.63, 3.8) is 0 Å². The minimum atomic E-state index is -0.741. The van der Waals surface area contributed by atoms with Crippen molar-refractivity contribution in [2.24, 2.45) is 0 Å². The van der Waals surface area contributed by atoms with E-state index in [1.807, 2.05) is 23.1 Å². The topological polar surface area (TPSA) is 82.1 Å². The lowest BCUT2D eigenvalue weighted by molar-refractivity contribution is -0.135. The Labute approximate surface area is 190 Å². The minimum absolute atomic E-state index is 0.122. The number of rotatable bonds is 6. The van der Waals surface area contributed by atoms with Gasteiger partial charge in [0.05, 0.1) is 0 Å². The van der Waals surface area contributed by atoms with Crippen LogP contribution < -0.4 is 5.32 Å². The molecule has 172 valence electrons. The molecule has 0 aliphatic carbocycles. The third-order valence-corrected chi connectivity index (χ3v) is 5.30. The SMILES string of the molecule is CC(C)(C)OC(=O)N[C@@H](Cc1ccc(O)cc1)C(=O)N1CCN(Cc2ccccc2)CC1. The summed E-state index contributed by atoms with van der Waals surface area (Å²) in [5.41, 5.74) is 1.45. The molecule has 0 aromatic heterocycles. The zero-order valence-electron chi connectivity index (χ0n) is 19.1. The van der Waals surface area contributed by atoms with Crippen LogP contribution in [0.1, 0.15) is 31.9 Å². The van der Waals surface area contributed by atoms with Crippen molar-refractivity contribution in [2.45, 2.75) is 45.4 Å².